The molecule has 0 bridgehead atoms. The molecule has 29 heavy (non-hydrogen) atoms. The van der Waals surface area contributed by atoms with Gasteiger partial charge >= 0.3 is 12.1 Å². The molecule has 0 aromatic heterocycles. The summed E-state index contributed by atoms with van der Waals surface area (Å²) >= 11 is 0. The fourth-order valence-corrected chi connectivity index (χ4v) is 5.51. The SMILES string of the molecule is O=C(O)CC1CCN(C(=O)OCC2c3ccccc3-c3ccccc32)C2CCC12. The molecule has 3 unspecified atom stereocenters. The number of likely N-dealkylation sites (tertiary alicyclic amines) is 1. The largest absolute Gasteiger partial charge is 0.481 e. The van der Waals surface area contributed by atoms with Gasteiger partial charge in [0.2, 0.25) is 0 Å². The molecule has 5 rings (SSSR count). The van der Waals surface area contributed by atoms with Crippen LogP contribution in [0.15, 0.2) is 48.5 Å². The maximum Gasteiger partial charge on any atom is 0.410 e. The Bertz CT molecular complexity index is 910. The zero-order valence-corrected chi connectivity index (χ0v) is 16.3. The first-order chi connectivity index (χ1) is 14.1. The molecular weight excluding hydrogens is 366 g/mol. The van der Waals surface area contributed by atoms with Gasteiger partial charge in [-0.05, 0) is 53.4 Å². The first-order valence-corrected chi connectivity index (χ1v) is 10.5. The quantitative estimate of drug-likeness (QED) is 0.833. The number of piperidine rings is 1. The standard InChI is InChI=1S/C24H25NO4/c26-23(27)13-15-11-12-25(22-10-9-16(15)22)24(28)29-14-21-19-7-3-1-5-17(19)18-6-2-4-8-20(18)21/h1-8,15-16,21-22H,9-14H2,(H,26,27). The lowest BCUT2D eigenvalue weighted by Gasteiger charge is -2.51. The minimum Gasteiger partial charge on any atom is -0.481 e. The summed E-state index contributed by atoms with van der Waals surface area (Å²) in [5, 5.41) is 9.13. The Morgan fingerprint density at radius 3 is 2.21 bits per heavy atom. The Morgan fingerprint density at radius 2 is 1.62 bits per heavy atom. The van der Waals surface area contributed by atoms with Crippen molar-refractivity contribution in [2.24, 2.45) is 11.8 Å². The third kappa shape index (κ3) is 3.09. The van der Waals surface area contributed by atoms with Gasteiger partial charge in [0.15, 0.2) is 0 Å². The van der Waals surface area contributed by atoms with Gasteiger partial charge in [0.25, 0.3) is 0 Å². The monoisotopic (exact) mass is 391 g/mol. The van der Waals surface area contributed by atoms with Crippen LogP contribution >= 0.6 is 0 Å². The summed E-state index contributed by atoms with van der Waals surface area (Å²) in [7, 11) is 0. The van der Waals surface area contributed by atoms with Gasteiger partial charge in [0, 0.05) is 24.9 Å². The first-order valence-electron chi connectivity index (χ1n) is 10.5. The number of carbonyl (C=O) groups is 2. The lowest BCUT2D eigenvalue weighted by molar-refractivity contribution is -0.140. The number of aliphatic carboxylic acids is 1. The van der Waals surface area contributed by atoms with E-state index in [4.69, 9.17) is 9.84 Å². The summed E-state index contributed by atoms with van der Waals surface area (Å²) in [5.74, 6) is -0.187. The smallest absolute Gasteiger partial charge is 0.410 e. The average Bonchev–Trinajstić information content (AvgIpc) is 3.01. The van der Waals surface area contributed by atoms with Crippen molar-refractivity contribution >= 4 is 12.1 Å². The van der Waals surface area contributed by atoms with Crippen LogP contribution in [-0.2, 0) is 9.53 Å². The highest BCUT2D eigenvalue weighted by atomic mass is 16.6. The molecule has 2 aliphatic carbocycles. The Kier molecular flexibility index (Phi) is 4.53. The lowest BCUT2D eigenvalue weighted by atomic mass is 9.66. The zero-order valence-electron chi connectivity index (χ0n) is 16.3. The van der Waals surface area contributed by atoms with E-state index in [9.17, 15) is 9.59 Å². The summed E-state index contributed by atoms with van der Waals surface area (Å²) < 4.78 is 5.82. The van der Waals surface area contributed by atoms with E-state index in [2.05, 4.69) is 24.3 Å². The van der Waals surface area contributed by atoms with E-state index in [-0.39, 0.29) is 30.4 Å². The molecule has 0 radical (unpaired) electrons. The number of benzene rings is 2. The molecule has 1 aliphatic heterocycles. The van der Waals surface area contributed by atoms with E-state index in [0.29, 0.717) is 19.1 Å². The van der Waals surface area contributed by atoms with E-state index < -0.39 is 5.97 Å². The van der Waals surface area contributed by atoms with Crippen LogP contribution in [0.1, 0.15) is 42.7 Å². The average molecular weight is 391 g/mol. The van der Waals surface area contributed by atoms with Crippen LogP contribution < -0.4 is 0 Å². The number of carboxylic acids is 1. The van der Waals surface area contributed by atoms with E-state index in [1.165, 1.54) is 22.3 Å². The number of hydrogen-bond donors (Lipinski definition) is 1. The van der Waals surface area contributed by atoms with Crippen LogP contribution in [0.4, 0.5) is 4.79 Å². The van der Waals surface area contributed by atoms with Gasteiger partial charge < -0.3 is 14.7 Å². The molecule has 1 saturated carbocycles. The van der Waals surface area contributed by atoms with Crippen molar-refractivity contribution in [1.82, 2.24) is 4.90 Å². The second-order valence-corrected chi connectivity index (χ2v) is 8.45. The van der Waals surface area contributed by atoms with Gasteiger partial charge in [-0.15, -0.1) is 0 Å². The highest BCUT2D eigenvalue weighted by Crippen LogP contribution is 2.46. The number of amides is 1. The third-order valence-electron chi connectivity index (χ3n) is 7.04. The van der Waals surface area contributed by atoms with E-state index in [0.717, 1.165) is 19.3 Å². The molecule has 1 saturated heterocycles. The number of hydrogen-bond acceptors (Lipinski definition) is 3. The third-order valence-corrected chi connectivity index (χ3v) is 7.04. The van der Waals surface area contributed by atoms with Crippen molar-refractivity contribution in [2.45, 2.75) is 37.6 Å². The second kappa shape index (κ2) is 7.21. The molecule has 5 heteroatoms. The predicted octanol–water partition coefficient (Wildman–Crippen LogP) is 4.51. The minimum atomic E-state index is -0.741. The Balaban J connectivity index is 1.28. The summed E-state index contributed by atoms with van der Waals surface area (Å²) in [4.78, 5) is 25.8. The number of nitrogens with zero attached hydrogens (tertiary/aromatic N) is 1. The molecule has 150 valence electrons. The van der Waals surface area contributed by atoms with Crippen molar-refractivity contribution in [1.29, 1.82) is 0 Å². The summed E-state index contributed by atoms with van der Waals surface area (Å²) in [6.07, 6.45) is 2.66. The van der Waals surface area contributed by atoms with E-state index in [1.807, 2.05) is 29.2 Å². The molecule has 2 aromatic carbocycles. The topological polar surface area (TPSA) is 66.8 Å². The molecule has 2 fully saturated rings. The van der Waals surface area contributed by atoms with Gasteiger partial charge in [-0.1, -0.05) is 48.5 Å². The molecule has 5 nitrogen and oxygen atoms in total. The van der Waals surface area contributed by atoms with E-state index in [1.54, 1.807) is 0 Å². The maximum atomic E-state index is 12.9. The fourth-order valence-electron chi connectivity index (χ4n) is 5.51. The normalized spacial score (nSPS) is 24.8. The highest BCUT2D eigenvalue weighted by Gasteiger charge is 2.46. The van der Waals surface area contributed by atoms with Gasteiger partial charge in [0.1, 0.15) is 6.61 Å². The number of ether oxygens (including phenoxy) is 1. The molecule has 2 aromatic rings. The molecule has 3 atom stereocenters. The number of fused-ring (bicyclic) bond motifs is 4. The second-order valence-electron chi connectivity index (χ2n) is 8.45. The predicted molar refractivity (Wildman–Crippen MR) is 109 cm³/mol. The lowest BCUT2D eigenvalue weighted by Crippen LogP contribution is -2.57. The van der Waals surface area contributed by atoms with Crippen LogP contribution in [-0.4, -0.2) is 41.3 Å². The number of carboxylic acid groups (broad SMARTS) is 1. The molecule has 3 aliphatic rings. The van der Waals surface area contributed by atoms with E-state index >= 15 is 0 Å². The zero-order chi connectivity index (χ0) is 20.0. The van der Waals surface area contributed by atoms with Crippen LogP contribution in [0, 0.1) is 11.8 Å². The van der Waals surface area contributed by atoms with Gasteiger partial charge in [-0.3, -0.25) is 4.79 Å². The van der Waals surface area contributed by atoms with Crippen LogP contribution in [0.2, 0.25) is 0 Å². The summed E-state index contributed by atoms with van der Waals surface area (Å²) in [6.45, 7) is 0.926. The Hall–Kier alpha value is -2.82. The summed E-state index contributed by atoms with van der Waals surface area (Å²) in [5.41, 5.74) is 4.86. The molecule has 0 spiro atoms. The number of rotatable bonds is 4. The molecule has 1 N–H and O–H groups in total. The molecule has 1 amide bonds. The van der Waals surface area contributed by atoms with Crippen molar-refractivity contribution in [3.8, 4) is 11.1 Å². The minimum absolute atomic E-state index is 0.0630. The van der Waals surface area contributed by atoms with Crippen molar-refractivity contribution in [3.05, 3.63) is 59.7 Å². The van der Waals surface area contributed by atoms with Crippen LogP contribution in [0.5, 0.6) is 0 Å². The maximum absolute atomic E-state index is 12.9. The van der Waals surface area contributed by atoms with Crippen molar-refractivity contribution in [3.63, 3.8) is 0 Å². The fraction of sp³-hybridized carbons (Fsp3) is 0.417. The molecular formula is C24H25NO4. The van der Waals surface area contributed by atoms with Crippen LogP contribution in [0.25, 0.3) is 11.1 Å². The Morgan fingerprint density at radius 1 is 0.966 bits per heavy atom. The number of carbonyl (C=O) groups excluding carboxylic acids is 1. The van der Waals surface area contributed by atoms with Gasteiger partial charge in [-0.2, -0.15) is 0 Å². The first kappa shape index (κ1) is 18.2. The van der Waals surface area contributed by atoms with Crippen molar-refractivity contribution in [2.75, 3.05) is 13.2 Å². The van der Waals surface area contributed by atoms with Gasteiger partial charge in [-0.25, -0.2) is 4.79 Å². The summed E-state index contributed by atoms with van der Waals surface area (Å²) in [6, 6.07) is 16.8. The highest BCUT2D eigenvalue weighted by molar-refractivity contribution is 5.79. The molecule has 1 heterocycles. The van der Waals surface area contributed by atoms with Crippen LogP contribution in [0.3, 0.4) is 0 Å². The van der Waals surface area contributed by atoms with Crippen molar-refractivity contribution < 1.29 is 19.4 Å². The Labute approximate surface area is 170 Å². The van der Waals surface area contributed by atoms with Gasteiger partial charge in [0.05, 0.1) is 0 Å².